The fourth-order valence-electron chi connectivity index (χ4n) is 4.36. The second kappa shape index (κ2) is 7.56. The Morgan fingerprint density at radius 1 is 1.03 bits per heavy atom. The fraction of sp³-hybridized carbons (Fsp3) is 0.0800. The third-order valence-electron chi connectivity index (χ3n) is 5.99. The molecule has 4 heterocycles. The summed E-state index contributed by atoms with van der Waals surface area (Å²) in [5.41, 5.74) is 2.08. The van der Waals surface area contributed by atoms with Crippen LogP contribution in [0.2, 0.25) is 0 Å². The van der Waals surface area contributed by atoms with Gasteiger partial charge in [0, 0.05) is 23.6 Å². The molecule has 0 radical (unpaired) electrons. The van der Waals surface area contributed by atoms with Crippen LogP contribution in [0, 0.1) is 11.3 Å². The number of hydrogen-bond acceptors (Lipinski definition) is 6. The van der Waals surface area contributed by atoms with Crippen LogP contribution in [0.5, 0.6) is 0 Å². The van der Waals surface area contributed by atoms with Gasteiger partial charge in [-0.25, -0.2) is 9.97 Å². The van der Waals surface area contributed by atoms with Gasteiger partial charge in [0.15, 0.2) is 0 Å². The van der Waals surface area contributed by atoms with Crippen molar-refractivity contribution in [2.75, 3.05) is 11.9 Å². The normalized spacial score (nSPS) is 11.4. The number of para-hydroxylation sites is 2. The molecular formula is C25H17N7O2. The molecule has 0 spiro atoms. The molecule has 2 aromatic carbocycles. The number of benzene rings is 2. The van der Waals surface area contributed by atoms with Crippen molar-refractivity contribution >= 4 is 44.4 Å². The lowest BCUT2D eigenvalue weighted by atomic mass is 10.1. The van der Waals surface area contributed by atoms with Crippen LogP contribution in [-0.4, -0.2) is 30.9 Å². The lowest BCUT2D eigenvalue weighted by Gasteiger charge is -2.10. The summed E-state index contributed by atoms with van der Waals surface area (Å²) in [7, 11) is 0. The molecule has 164 valence electrons. The Bertz CT molecular complexity index is 1910. The van der Waals surface area contributed by atoms with E-state index in [9.17, 15) is 14.9 Å². The zero-order valence-corrected chi connectivity index (χ0v) is 17.8. The van der Waals surface area contributed by atoms with Crippen LogP contribution in [0.25, 0.3) is 38.5 Å². The molecule has 0 bridgehead atoms. The molecule has 0 saturated carbocycles. The number of pyridine rings is 1. The highest BCUT2D eigenvalue weighted by Gasteiger charge is 2.18. The Morgan fingerprint density at radius 3 is 2.62 bits per heavy atom. The first-order valence-corrected chi connectivity index (χ1v) is 10.7. The molecule has 0 fully saturated rings. The molecular weight excluding hydrogens is 430 g/mol. The van der Waals surface area contributed by atoms with Crippen LogP contribution in [0.4, 0.5) is 5.95 Å². The van der Waals surface area contributed by atoms with Gasteiger partial charge in [-0.05, 0) is 30.2 Å². The summed E-state index contributed by atoms with van der Waals surface area (Å²) in [6, 6.07) is 16.9. The Balaban J connectivity index is 1.43. The molecule has 0 aliphatic rings. The molecule has 9 nitrogen and oxygen atoms in total. The zero-order chi connectivity index (χ0) is 23.2. The Morgan fingerprint density at radius 2 is 1.79 bits per heavy atom. The van der Waals surface area contributed by atoms with Gasteiger partial charge in [-0.3, -0.25) is 14.0 Å². The molecule has 34 heavy (non-hydrogen) atoms. The van der Waals surface area contributed by atoms with E-state index in [4.69, 9.17) is 0 Å². The quantitative estimate of drug-likeness (QED) is 0.281. The summed E-state index contributed by atoms with van der Waals surface area (Å²) >= 11 is 0. The first-order valence-electron chi connectivity index (χ1n) is 10.7. The monoisotopic (exact) mass is 447 g/mol. The number of aromatic amines is 2. The molecule has 0 aliphatic carbocycles. The highest BCUT2D eigenvalue weighted by atomic mass is 16.1. The van der Waals surface area contributed by atoms with Crippen molar-refractivity contribution < 1.29 is 0 Å². The summed E-state index contributed by atoms with van der Waals surface area (Å²) < 4.78 is 1.30. The van der Waals surface area contributed by atoms with Crippen molar-refractivity contribution in [2.45, 2.75) is 6.42 Å². The van der Waals surface area contributed by atoms with Gasteiger partial charge in [-0.15, -0.1) is 0 Å². The lowest BCUT2D eigenvalue weighted by Crippen LogP contribution is -2.23. The number of anilines is 1. The second-order valence-electron chi connectivity index (χ2n) is 7.94. The highest BCUT2D eigenvalue weighted by Crippen LogP contribution is 2.19. The van der Waals surface area contributed by atoms with Crippen LogP contribution >= 0.6 is 0 Å². The second-order valence-corrected chi connectivity index (χ2v) is 7.94. The minimum absolute atomic E-state index is 0.0134. The van der Waals surface area contributed by atoms with E-state index in [1.54, 1.807) is 24.3 Å². The number of hydrogen-bond donors (Lipinski definition) is 3. The summed E-state index contributed by atoms with van der Waals surface area (Å²) in [6.45, 7) is 0.540. The number of nitriles is 1. The minimum Gasteiger partial charge on any atom is -0.361 e. The van der Waals surface area contributed by atoms with E-state index in [1.807, 2.05) is 30.5 Å². The SMILES string of the molecule is N#Cc1c(=O)c2nc(NCCc3c[nH]c4ccccc34)ncc2n2c(=O)c3ccccc3[nH]c12. The molecule has 0 saturated heterocycles. The number of nitrogens with one attached hydrogen (secondary N) is 3. The molecule has 6 aromatic rings. The van der Waals surface area contributed by atoms with E-state index in [-0.39, 0.29) is 33.8 Å². The van der Waals surface area contributed by atoms with Gasteiger partial charge in [0.25, 0.3) is 5.56 Å². The molecule has 9 heteroatoms. The largest absolute Gasteiger partial charge is 0.361 e. The maximum atomic E-state index is 13.2. The smallest absolute Gasteiger partial charge is 0.266 e. The molecule has 0 unspecified atom stereocenters. The maximum Gasteiger partial charge on any atom is 0.266 e. The Hall–Kier alpha value is -4.97. The molecule has 3 N–H and O–H groups in total. The maximum absolute atomic E-state index is 13.2. The average molecular weight is 447 g/mol. The van der Waals surface area contributed by atoms with Gasteiger partial charge in [0.05, 0.1) is 22.6 Å². The number of nitrogens with zero attached hydrogens (tertiary/aromatic N) is 4. The standard InChI is InChI=1S/C25H17N7O2/c26-11-17-22(33)21-20(32-23(17)30-19-8-4-2-6-16(19)24(32)34)13-29-25(31-21)27-10-9-14-12-28-18-7-3-1-5-15(14)18/h1-8,12-13,28,30H,9-10H2,(H,27,29,31). The summed E-state index contributed by atoms with van der Waals surface area (Å²) in [4.78, 5) is 41.3. The fourth-order valence-corrected chi connectivity index (χ4v) is 4.36. The third-order valence-corrected chi connectivity index (χ3v) is 5.99. The first kappa shape index (κ1) is 19.7. The van der Waals surface area contributed by atoms with Crippen LogP contribution in [0.15, 0.2) is 70.5 Å². The van der Waals surface area contributed by atoms with Crippen LogP contribution in [-0.2, 0) is 6.42 Å². The lowest BCUT2D eigenvalue weighted by molar-refractivity contribution is 0.992. The molecule has 6 rings (SSSR count). The van der Waals surface area contributed by atoms with Crippen molar-refractivity contribution in [1.29, 1.82) is 5.26 Å². The van der Waals surface area contributed by atoms with E-state index >= 15 is 0 Å². The van der Waals surface area contributed by atoms with Gasteiger partial charge >= 0.3 is 0 Å². The van der Waals surface area contributed by atoms with Gasteiger partial charge < -0.3 is 15.3 Å². The predicted octanol–water partition coefficient (Wildman–Crippen LogP) is 3.09. The van der Waals surface area contributed by atoms with Crippen LogP contribution < -0.4 is 16.3 Å². The number of aromatic nitrogens is 5. The summed E-state index contributed by atoms with van der Waals surface area (Å²) in [5.74, 6) is 0.255. The number of H-pyrrole nitrogens is 2. The summed E-state index contributed by atoms with van der Waals surface area (Å²) in [5, 5.41) is 14.4. The van der Waals surface area contributed by atoms with Gasteiger partial charge in [0.1, 0.15) is 22.8 Å². The zero-order valence-electron chi connectivity index (χ0n) is 17.8. The molecule has 0 atom stereocenters. The highest BCUT2D eigenvalue weighted by molar-refractivity contribution is 5.87. The van der Waals surface area contributed by atoms with Crippen molar-refractivity contribution in [1.82, 2.24) is 24.3 Å². The Labute approximate surface area is 191 Å². The van der Waals surface area contributed by atoms with E-state index in [1.165, 1.54) is 10.6 Å². The minimum atomic E-state index is -0.550. The van der Waals surface area contributed by atoms with Crippen LogP contribution in [0.1, 0.15) is 11.1 Å². The number of fused-ring (bicyclic) bond motifs is 5. The molecule has 0 amide bonds. The van der Waals surface area contributed by atoms with E-state index in [0.717, 1.165) is 22.9 Å². The number of rotatable bonds is 4. The van der Waals surface area contributed by atoms with E-state index < -0.39 is 5.43 Å². The molecule has 0 aliphatic heterocycles. The van der Waals surface area contributed by atoms with E-state index in [0.29, 0.717) is 17.4 Å². The average Bonchev–Trinajstić information content (AvgIpc) is 3.28. The van der Waals surface area contributed by atoms with Crippen molar-refractivity contribution in [3.05, 3.63) is 92.6 Å². The third kappa shape index (κ3) is 2.93. The topological polar surface area (TPSA) is 132 Å². The summed E-state index contributed by atoms with van der Waals surface area (Å²) in [6.07, 6.45) is 4.13. The van der Waals surface area contributed by atoms with Gasteiger partial charge in [-0.1, -0.05) is 30.3 Å². The van der Waals surface area contributed by atoms with Crippen molar-refractivity contribution in [3.8, 4) is 6.07 Å². The van der Waals surface area contributed by atoms with Crippen molar-refractivity contribution in [3.63, 3.8) is 0 Å². The van der Waals surface area contributed by atoms with E-state index in [2.05, 4.69) is 31.3 Å². The van der Waals surface area contributed by atoms with Crippen LogP contribution in [0.3, 0.4) is 0 Å². The van der Waals surface area contributed by atoms with Gasteiger partial charge in [-0.2, -0.15) is 5.26 Å². The Kier molecular flexibility index (Phi) is 4.38. The molecule has 4 aromatic heterocycles. The van der Waals surface area contributed by atoms with Gasteiger partial charge in [0.2, 0.25) is 11.4 Å². The first-order chi connectivity index (χ1) is 16.7. The van der Waals surface area contributed by atoms with Crippen molar-refractivity contribution in [2.24, 2.45) is 0 Å². The predicted molar refractivity (Wildman–Crippen MR) is 130 cm³/mol.